The number of aliphatic carboxylic acids is 1. The van der Waals surface area contributed by atoms with Crippen LogP contribution in [-0.4, -0.2) is 47.6 Å². The molecule has 2 aliphatic carbocycles. The molecular weight excluding hydrogens is 258 g/mol. The largest absolute Gasteiger partial charge is 0.481 e. The van der Waals surface area contributed by atoms with Gasteiger partial charge in [-0.05, 0) is 32.1 Å². The molecule has 0 aliphatic heterocycles. The van der Waals surface area contributed by atoms with Gasteiger partial charge in [-0.25, -0.2) is 0 Å². The second kappa shape index (κ2) is 5.62. The lowest BCUT2D eigenvalue weighted by Gasteiger charge is -2.52. The van der Waals surface area contributed by atoms with Gasteiger partial charge < -0.3 is 20.3 Å². The van der Waals surface area contributed by atoms with Crippen molar-refractivity contribution < 1.29 is 19.7 Å². The number of aliphatic hydroxyl groups is 1. The third kappa shape index (κ3) is 3.00. The van der Waals surface area contributed by atoms with E-state index in [9.17, 15) is 9.90 Å². The molecule has 20 heavy (non-hydrogen) atoms. The van der Waals surface area contributed by atoms with E-state index in [0.29, 0.717) is 38.3 Å². The van der Waals surface area contributed by atoms with Crippen molar-refractivity contribution in [2.45, 2.75) is 63.7 Å². The molecule has 2 rings (SSSR count). The van der Waals surface area contributed by atoms with Crippen LogP contribution < -0.4 is 5.32 Å². The van der Waals surface area contributed by atoms with Crippen LogP contribution in [0.2, 0.25) is 0 Å². The van der Waals surface area contributed by atoms with Gasteiger partial charge in [-0.2, -0.15) is 0 Å². The zero-order chi connectivity index (χ0) is 15.0. The molecule has 0 spiro atoms. The van der Waals surface area contributed by atoms with Gasteiger partial charge >= 0.3 is 5.97 Å². The molecule has 0 aromatic rings. The Morgan fingerprint density at radius 2 is 1.95 bits per heavy atom. The van der Waals surface area contributed by atoms with Crippen LogP contribution in [0.15, 0.2) is 0 Å². The molecule has 0 radical (unpaired) electrons. The monoisotopic (exact) mass is 285 g/mol. The number of nitrogens with one attached hydrogen (secondary N) is 1. The molecule has 0 bridgehead atoms. The molecule has 2 aliphatic rings. The van der Waals surface area contributed by atoms with Gasteiger partial charge in [-0.1, -0.05) is 13.8 Å². The maximum absolute atomic E-state index is 10.9. The molecule has 116 valence electrons. The van der Waals surface area contributed by atoms with Crippen molar-refractivity contribution >= 4 is 5.97 Å². The van der Waals surface area contributed by atoms with Gasteiger partial charge in [0.05, 0.1) is 17.6 Å². The predicted molar refractivity (Wildman–Crippen MR) is 75.5 cm³/mol. The van der Waals surface area contributed by atoms with Crippen LogP contribution >= 0.6 is 0 Å². The summed E-state index contributed by atoms with van der Waals surface area (Å²) in [5, 5.41) is 23.0. The van der Waals surface area contributed by atoms with Gasteiger partial charge in [0, 0.05) is 25.1 Å². The molecule has 3 N–H and O–H groups in total. The number of carbonyl (C=O) groups is 1. The van der Waals surface area contributed by atoms with E-state index in [2.05, 4.69) is 19.2 Å². The van der Waals surface area contributed by atoms with E-state index in [1.807, 2.05) is 0 Å². The van der Waals surface area contributed by atoms with Crippen molar-refractivity contribution in [3.05, 3.63) is 0 Å². The van der Waals surface area contributed by atoms with Crippen LogP contribution in [0.25, 0.3) is 0 Å². The number of hydrogen-bond acceptors (Lipinski definition) is 4. The van der Waals surface area contributed by atoms with Crippen LogP contribution in [0, 0.1) is 11.3 Å². The fourth-order valence-corrected chi connectivity index (χ4v) is 3.52. The average Bonchev–Trinajstić information content (AvgIpc) is 2.38. The maximum atomic E-state index is 10.9. The molecule has 0 amide bonds. The number of carboxylic acids is 1. The van der Waals surface area contributed by atoms with Gasteiger partial charge in [0.25, 0.3) is 0 Å². The minimum atomic E-state index is -0.750. The summed E-state index contributed by atoms with van der Waals surface area (Å²) < 4.78 is 5.42. The van der Waals surface area contributed by atoms with Crippen LogP contribution in [0.1, 0.15) is 46.0 Å². The highest BCUT2D eigenvalue weighted by atomic mass is 16.5. The van der Waals surface area contributed by atoms with E-state index < -0.39 is 11.6 Å². The summed E-state index contributed by atoms with van der Waals surface area (Å²) in [6.45, 7) is 4.89. The molecule has 2 atom stereocenters. The Hall–Kier alpha value is -0.650. The lowest BCUT2D eigenvalue weighted by molar-refractivity contribution is -0.145. The molecule has 5 heteroatoms. The van der Waals surface area contributed by atoms with Crippen molar-refractivity contribution in [3.8, 4) is 0 Å². The Morgan fingerprint density at radius 1 is 1.35 bits per heavy atom. The van der Waals surface area contributed by atoms with Gasteiger partial charge in [0.1, 0.15) is 0 Å². The normalized spacial score (nSPS) is 40.1. The zero-order valence-corrected chi connectivity index (χ0v) is 12.7. The summed E-state index contributed by atoms with van der Waals surface area (Å²) in [7, 11) is 1.74. The summed E-state index contributed by atoms with van der Waals surface area (Å²) in [4.78, 5) is 10.9. The predicted octanol–water partition coefficient (Wildman–Crippen LogP) is 1.40. The summed E-state index contributed by atoms with van der Waals surface area (Å²) in [5.74, 6) is -1.02. The standard InChI is InChI=1S/C15H27NO4/c1-14(2)11(8-12(14)20-3)16-9-15(19)6-4-10(5-7-15)13(17)18/h10-12,16,19H,4-9H2,1-3H3,(H,17,18). The molecule has 0 saturated heterocycles. The molecule has 2 saturated carbocycles. The van der Waals surface area contributed by atoms with Crippen LogP contribution in [-0.2, 0) is 9.53 Å². The highest BCUT2D eigenvalue weighted by Gasteiger charge is 2.49. The SMILES string of the molecule is COC1CC(NCC2(O)CCC(C(=O)O)CC2)C1(C)C. The first-order chi connectivity index (χ1) is 9.28. The summed E-state index contributed by atoms with van der Waals surface area (Å²) >= 11 is 0. The minimum Gasteiger partial charge on any atom is -0.481 e. The minimum absolute atomic E-state index is 0.0867. The molecule has 0 aromatic heterocycles. The van der Waals surface area contributed by atoms with Crippen LogP contribution in [0.5, 0.6) is 0 Å². The number of carboxylic acid groups (broad SMARTS) is 1. The van der Waals surface area contributed by atoms with Crippen molar-refractivity contribution in [2.24, 2.45) is 11.3 Å². The molecule has 0 aromatic carbocycles. The zero-order valence-electron chi connectivity index (χ0n) is 12.7. The quantitative estimate of drug-likeness (QED) is 0.711. The first-order valence-corrected chi connectivity index (χ1v) is 7.50. The first-order valence-electron chi connectivity index (χ1n) is 7.50. The number of rotatable bonds is 5. The molecule has 2 fully saturated rings. The van der Waals surface area contributed by atoms with Crippen molar-refractivity contribution in [3.63, 3.8) is 0 Å². The van der Waals surface area contributed by atoms with E-state index in [0.717, 1.165) is 6.42 Å². The summed E-state index contributed by atoms with van der Waals surface area (Å²) in [6.07, 6.45) is 3.52. The van der Waals surface area contributed by atoms with Gasteiger partial charge in [0.2, 0.25) is 0 Å². The molecule has 2 unspecified atom stereocenters. The van der Waals surface area contributed by atoms with Gasteiger partial charge in [-0.15, -0.1) is 0 Å². The third-order valence-electron chi connectivity index (χ3n) is 5.41. The maximum Gasteiger partial charge on any atom is 0.306 e. The highest BCUT2D eigenvalue weighted by Crippen LogP contribution is 2.43. The van der Waals surface area contributed by atoms with Crippen molar-refractivity contribution in [2.75, 3.05) is 13.7 Å². The first kappa shape index (κ1) is 15.7. The van der Waals surface area contributed by atoms with E-state index in [1.165, 1.54) is 0 Å². The fraction of sp³-hybridized carbons (Fsp3) is 0.933. The Kier molecular flexibility index (Phi) is 4.42. The summed E-state index contributed by atoms with van der Waals surface area (Å²) in [5.41, 5.74) is -0.663. The summed E-state index contributed by atoms with van der Waals surface area (Å²) in [6, 6.07) is 0.355. The Labute approximate surface area is 120 Å². The fourth-order valence-electron chi connectivity index (χ4n) is 3.52. The lowest BCUT2D eigenvalue weighted by atomic mass is 9.64. The second-order valence-electron chi connectivity index (χ2n) is 7.05. The number of hydrogen-bond donors (Lipinski definition) is 3. The van der Waals surface area contributed by atoms with Crippen molar-refractivity contribution in [1.82, 2.24) is 5.32 Å². The Morgan fingerprint density at radius 3 is 2.40 bits per heavy atom. The molecular formula is C15H27NO4. The average molecular weight is 285 g/mol. The lowest BCUT2D eigenvalue weighted by Crippen LogP contribution is -2.62. The topological polar surface area (TPSA) is 78.8 Å². The van der Waals surface area contributed by atoms with E-state index in [4.69, 9.17) is 9.84 Å². The smallest absolute Gasteiger partial charge is 0.306 e. The van der Waals surface area contributed by atoms with E-state index >= 15 is 0 Å². The van der Waals surface area contributed by atoms with Gasteiger partial charge in [0.15, 0.2) is 0 Å². The van der Waals surface area contributed by atoms with Crippen LogP contribution in [0.4, 0.5) is 0 Å². The highest BCUT2D eigenvalue weighted by molar-refractivity contribution is 5.70. The van der Waals surface area contributed by atoms with Crippen molar-refractivity contribution in [1.29, 1.82) is 0 Å². The Balaban J connectivity index is 1.79. The molecule has 0 heterocycles. The third-order valence-corrected chi connectivity index (χ3v) is 5.41. The number of methoxy groups -OCH3 is 1. The number of ether oxygens (including phenoxy) is 1. The van der Waals surface area contributed by atoms with E-state index in [-0.39, 0.29) is 17.4 Å². The second-order valence-corrected chi connectivity index (χ2v) is 7.05. The van der Waals surface area contributed by atoms with Crippen LogP contribution in [0.3, 0.4) is 0 Å². The van der Waals surface area contributed by atoms with E-state index in [1.54, 1.807) is 7.11 Å². The van der Waals surface area contributed by atoms with Gasteiger partial charge in [-0.3, -0.25) is 4.79 Å². The molecule has 5 nitrogen and oxygen atoms in total. The Bertz CT molecular complexity index is 361.